The summed E-state index contributed by atoms with van der Waals surface area (Å²) in [5.74, 6) is 2.22. The third-order valence-electron chi connectivity index (χ3n) is 9.90. The van der Waals surface area contributed by atoms with Crippen LogP contribution < -0.4 is 13.3 Å². The maximum atomic E-state index is 12.6. The molecule has 0 unspecified atom stereocenters. The van der Waals surface area contributed by atoms with E-state index in [-0.39, 0.29) is 15.1 Å². The second-order valence-electron chi connectivity index (χ2n) is 16.3. The van der Waals surface area contributed by atoms with Gasteiger partial charge in [0.2, 0.25) is 8.32 Å². The first kappa shape index (κ1) is 34.1. The minimum absolute atomic E-state index is 0.0207. The van der Waals surface area contributed by atoms with Crippen LogP contribution in [0.3, 0.4) is 0 Å². The minimum Gasteiger partial charge on any atom is -0.543 e. The van der Waals surface area contributed by atoms with Crippen LogP contribution in [0.5, 0.6) is 17.2 Å². The minimum atomic E-state index is -2.32. The summed E-state index contributed by atoms with van der Waals surface area (Å²) in [7, 11) is -6.82. The van der Waals surface area contributed by atoms with Crippen molar-refractivity contribution in [3.05, 3.63) is 54.1 Å². The van der Waals surface area contributed by atoms with Crippen molar-refractivity contribution in [3.8, 4) is 28.4 Å². The highest BCUT2D eigenvalue weighted by Gasteiger charge is 2.43. The fourth-order valence-corrected chi connectivity index (χ4v) is 7.05. The number of carbonyl (C=O) groups excluding carboxylic acids is 1. The second kappa shape index (κ2) is 11.3. The van der Waals surface area contributed by atoms with Gasteiger partial charge in [-0.15, -0.1) is 0 Å². The summed E-state index contributed by atoms with van der Waals surface area (Å²) < 4.78 is 21.3. The Labute approximate surface area is 258 Å². The zero-order valence-corrected chi connectivity index (χ0v) is 31.8. The first-order valence-electron chi connectivity index (χ1n) is 15.1. The van der Waals surface area contributed by atoms with Crippen molar-refractivity contribution < 1.29 is 18.1 Å². The molecule has 0 heterocycles. The van der Waals surface area contributed by atoms with E-state index in [2.05, 4.69) is 126 Å². The van der Waals surface area contributed by atoms with E-state index in [1.54, 1.807) is 0 Å². The smallest absolute Gasteiger partial charge is 0.250 e. The van der Waals surface area contributed by atoms with Gasteiger partial charge in [-0.1, -0.05) is 98.7 Å². The average molecular weight is 623 g/mol. The molecule has 0 aliphatic heterocycles. The number of hydrogen-bond acceptors (Lipinski definition) is 4. The van der Waals surface area contributed by atoms with E-state index < -0.39 is 25.0 Å². The van der Waals surface area contributed by atoms with Crippen LogP contribution in [0.4, 0.5) is 0 Å². The highest BCUT2D eigenvalue weighted by atomic mass is 28.4. The molecular formula is C35H54O4Si3. The summed E-state index contributed by atoms with van der Waals surface area (Å²) in [5.41, 5.74) is 2.31. The van der Waals surface area contributed by atoms with Gasteiger partial charge in [0.25, 0.3) is 16.6 Å². The van der Waals surface area contributed by atoms with E-state index in [9.17, 15) is 4.79 Å². The summed E-state index contributed by atoms with van der Waals surface area (Å²) in [6.07, 6.45) is 0.952. The molecule has 0 bridgehead atoms. The van der Waals surface area contributed by atoms with Crippen molar-refractivity contribution in [1.82, 2.24) is 0 Å². The first-order valence-corrected chi connectivity index (χ1v) is 23.9. The molecule has 0 radical (unpaired) electrons. The predicted octanol–water partition coefficient (Wildman–Crippen LogP) is 11.5. The van der Waals surface area contributed by atoms with Gasteiger partial charge in [-0.25, -0.2) is 0 Å². The molecule has 0 spiro atoms. The molecule has 0 aliphatic carbocycles. The zero-order valence-electron chi connectivity index (χ0n) is 28.8. The number of rotatable bonds is 8. The van der Waals surface area contributed by atoms with Gasteiger partial charge in [-0.2, -0.15) is 0 Å². The summed E-state index contributed by atoms with van der Waals surface area (Å²) >= 11 is 0. The zero-order chi connectivity index (χ0) is 32.1. The maximum Gasteiger partial charge on any atom is 0.250 e. The molecule has 4 nitrogen and oxygen atoms in total. The molecule has 7 heteroatoms. The van der Waals surface area contributed by atoms with Crippen molar-refractivity contribution in [2.75, 3.05) is 0 Å². The Balaban J connectivity index is 2.52. The molecule has 42 heavy (non-hydrogen) atoms. The van der Waals surface area contributed by atoms with Gasteiger partial charge >= 0.3 is 0 Å². The Morgan fingerprint density at radius 1 is 0.571 bits per heavy atom. The van der Waals surface area contributed by atoms with Gasteiger partial charge in [0.15, 0.2) is 6.29 Å². The van der Waals surface area contributed by atoms with Crippen LogP contribution >= 0.6 is 0 Å². The number of benzene rings is 3. The summed E-state index contributed by atoms with van der Waals surface area (Å²) in [6, 6.07) is 16.3. The van der Waals surface area contributed by atoms with Crippen molar-refractivity contribution in [2.24, 2.45) is 0 Å². The summed E-state index contributed by atoms with van der Waals surface area (Å²) in [4.78, 5) is 12.6. The van der Waals surface area contributed by atoms with E-state index in [0.717, 1.165) is 45.4 Å². The lowest BCUT2D eigenvalue weighted by molar-refractivity contribution is 0.112. The molecular weight excluding hydrogens is 569 g/mol. The Kier molecular flexibility index (Phi) is 9.17. The van der Waals surface area contributed by atoms with Gasteiger partial charge < -0.3 is 13.3 Å². The lowest BCUT2D eigenvalue weighted by Gasteiger charge is -2.40. The fourth-order valence-electron chi connectivity index (χ4n) is 4.00. The molecule has 3 aromatic rings. The topological polar surface area (TPSA) is 44.8 Å². The van der Waals surface area contributed by atoms with Gasteiger partial charge in [0, 0.05) is 23.3 Å². The first-order chi connectivity index (χ1) is 18.9. The quantitative estimate of drug-likeness (QED) is 0.185. The van der Waals surface area contributed by atoms with Crippen LogP contribution in [-0.4, -0.2) is 31.2 Å². The van der Waals surface area contributed by atoms with Crippen molar-refractivity contribution in [1.29, 1.82) is 0 Å². The standard InChI is InChI=1S/C35H54O4Si3/c1-33(2,3)40(10,11)37-27-22-29(38-41(12,13)34(4,5)6)32(30(23-27)39-42(14,15)35(7,8)9)31-26(24-36)21-20-25-18-16-17-19-28(25)31/h16-24H,1-15H3. The second-order valence-corrected chi connectivity index (χ2v) is 30.4. The summed E-state index contributed by atoms with van der Waals surface area (Å²) in [6.45, 7) is 33.8. The van der Waals surface area contributed by atoms with Gasteiger partial charge in [0.1, 0.15) is 17.2 Å². The van der Waals surface area contributed by atoms with Crippen molar-refractivity contribution >= 4 is 42.0 Å². The van der Waals surface area contributed by atoms with Crippen LogP contribution in [0.25, 0.3) is 21.9 Å². The van der Waals surface area contributed by atoms with Gasteiger partial charge in [-0.05, 0) is 65.2 Å². The molecule has 0 N–H and O–H groups in total. The molecule has 230 valence electrons. The van der Waals surface area contributed by atoms with Crippen LogP contribution in [0.2, 0.25) is 54.4 Å². The number of fused-ring (bicyclic) bond motifs is 1. The average Bonchev–Trinajstić information content (AvgIpc) is 2.81. The highest BCUT2D eigenvalue weighted by molar-refractivity contribution is 6.76. The Morgan fingerprint density at radius 2 is 1.00 bits per heavy atom. The molecule has 0 amide bonds. The largest absolute Gasteiger partial charge is 0.543 e. The van der Waals surface area contributed by atoms with Gasteiger partial charge in [-0.3, -0.25) is 4.79 Å². The van der Waals surface area contributed by atoms with Crippen LogP contribution in [0.1, 0.15) is 72.7 Å². The number of aldehydes is 1. The lowest BCUT2D eigenvalue weighted by atomic mass is 9.92. The fraction of sp³-hybridized carbons (Fsp3) is 0.514. The van der Waals surface area contributed by atoms with E-state index in [1.807, 2.05) is 24.3 Å². The van der Waals surface area contributed by atoms with E-state index in [0.29, 0.717) is 5.56 Å². The molecule has 3 rings (SSSR count). The van der Waals surface area contributed by atoms with E-state index >= 15 is 0 Å². The monoisotopic (exact) mass is 622 g/mol. The summed E-state index contributed by atoms with van der Waals surface area (Å²) in [5, 5.41) is 2.02. The van der Waals surface area contributed by atoms with Gasteiger partial charge in [0.05, 0.1) is 5.56 Å². The van der Waals surface area contributed by atoms with Crippen molar-refractivity contribution in [3.63, 3.8) is 0 Å². The molecule has 0 aromatic heterocycles. The Bertz CT molecular complexity index is 1400. The Hall–Kier alpha value is -2.36. The maximum absolute atomic E-state index is 12.6. The van der Waals surface area contributed by atoms with Crippen LogP contribution in [0, 0.1) is 0 Å². The third kappa shape index (κ3) is 6.89. The molecule has 0 saturated heterocycles. The molecule has 0 saturated carbocycles. The molecule has 0 fully saturated rings. The normalized spacial score (nSPS) is 13.7. The molecule has 3 aromatic carbocycles. The molecule has 0 atom stereocenters. The van der Waals surface area contributed by atoms with Crippen molar-refractivity contribution in [2.45, 2.75) is 117 Å². The molecule has 0 aliphatic rings. The third-order valence-corrected chi connectivity index (χ3v) is 22.9. The Morgan fingerprint density at radius 3 is 1.43 bits per heavy atom. The predicted molar refractivity (Wildman–Crippen MR) is 188 cm³/mol. The highest BCUT2D eigenvalue weighted by Crippen LogP contribution is 2.51. The number of hydrogen-bond donors (Lipinski definition) is 0. The lowest BCUT2D eigenvalue weighted by Crippen LogP contribution is -2.45. The SMILES string of the molecule is CC(C)(C)[Si](C)(C)Oc1cc(O[Si](C)(C)C(C)(C)C)c(-c2c(C=O)ccc3ccccc23)c(O[Si](C)(C)C(C)(C)C)c1. The number of carbonyl (C=O) groups is 1. The van der Waals surface area contributed by atoms with Crippen LogP contribution in [-0.2, 0) is 0 Å². The van der Waals surface area contributed by atoms with E-state index in [1.165, 1.54) is 0 Å². The van der Waals surface area contributed by atoms with E-state index in [4.69, 9.17) is 13.3 Å². The van der Waals surface area contributed by atoms with Crippen LogP contribution in [0.15, 0.2) is 48.5 Å².